The molecular formula is C21H19F7N6O. The Hall–Kier alpha value is -3.32. The molecule has 1 unspecified atom stereocenters. The van der Waals surface area contributed by atoms with Gasteiger partial charge in [0.15, 0.2) is 11.4 Å². The molecule has 4 heterocycles. The molecule has 14 heteroatoms. The van der Waals surface area contributed by atoms with Gasteiger partial charge in [-0.3, -0.25) is 4.98 Å². The quantitative estimate of drug-likeness (QED) is 0.508. The molecule has 1 saturated heterocycles. The summed E-state index contributed by atoms with van der Waals surface area (Å²) in [7, 11) is 0. The number of pyridine rings is 2. The molecule has 5 rings (SSSR count). The van der Waals surface area contributed by atoms with Gasteiger partial charge in [-0.1, -0.05) is 0 Å². The number of aromatic nitrogens is 4. The molecule has 1 saturated carbocycles. The van der Waals surface area contributed by atoms with Crippen molar-refractivity contribution in [1.82, 2.24) is 19.6 Å². The first kappa shape index (κ1) is 23.4. The summed E-state index contributed by atoms with van der Waals surface area (Å²) in [5, 5.41) is 7.43. The van der Waals surface area contributed by atoms with Crippen molar-refractivity contribution in [3.63, 3.8) is 0 Å². The molecule has 2 bridgehead atoms. The van der Waals surface area contributed by atoms with Crippen molar-refractivity contribution in [2.45, 2.75) is 37.6 Å². The zero-order chi connectivity index (χ0) is 25.0. The highest BCUT2D eigenvalue weighted by Gasteiger charge is 2.44. The van der Waals surface area contributed by atoms with E-state index in [-0.39, 0.29) is 29.5 Å². The molecule has 2 fully saturated rings. The van der Waals surface area contributed by atoms with Crippen LogP contribution in [0.5, 0.6) is 5.75 Å². The van der Waals surface area contributed by atoms with E-state index < -0.39 is 30.2 Å². The number of nitrogens with zero attached hydrogens (tertiary/aromatic N) is 5. The Morgan fingerprint density at radius 3 is 2.43 bits per heavy atom. The molecule has 1 aliphatic carbocycles. The van der Waals surface area contributed by atoms with E-state index >= 15 is 0 Å². The number of hydrogen-bond acceptors (Lipinski definition) is 6. The van der Waals surface area contributed by atoms with Crippen LogP contribution in [-0.4, -0.2) is 51.2 Å². The minimum absolute atomic E-state index is 0.0804. The van der Waals surface area contributed by atoms with Crippen molar-refractivity contribution in [2.75, 3.05) is 23.3 Å². The predicted molar refractivity (Wildman–Crippen MR) is 110 cm³/mol. The second-order valence-electron chi connectivity index (χ2n) is 8.62. The summed E-state index contributed by atoms with van der Waals surface area (Å²) in [6, 6.07) is 5.03. The number of fused-ring (bicyclic) bond motifs is 3. The number of piperidine rings is 1. The lowest BCUT2D eigenvalue weighted by atomic mass is 9.92. The molecule has 188 valence electrons. The third-order valence-electron chi connectivity index (χ3n) is 6.34. The standard InChI is InChI=1S/C21H19F7N6O/c22-18(21(26,27)28)35-14-2-1-7-34-17(14)31-19(32-34)30-16-11-3-4-12(16)10-33(9-11)13-5-6-29-15(8-13)20(23,24)25/h1-2,5-8,11-12,16,18H,3-4,9-10H2,(H,30,32)/t11-,12+,16?,18-/m0/s1. The molecule has 0 aromatic carbocycles. The van der Waals surface area contributed by atoms with Gasteiger partial charge in [0, 0.05) is 37.2 Å². The zero-order valence-corrected chi connectivity index (χ0v) is 17.9. The molecule has 35 heavy (non-hydrogen) atoms. The van der Waals surface area contributed by atoms with Gasteiger partial charge >= 0.3 is 18.7 Å². The Morgan fingerprint density at radius 2 is 1.77 bits per heavy atom. The molecule has 0 radical (unpaired) electrons. The van der Waals surface area contributed by atoms with E-state index in [0.717, 1.165) is 31.2 Å². The number of nitrogens with one attached hydrogen (secondary N) is 1. The van der Waals surface area contributed by atoms with E-state index in [1.165, 1.54) is 16.8 Å². The predicted octanol–water partition coefficient (Wildman–Crippen LogP) is 4.71. The first-order valence-electron chi connectivity index (χ1n) is 10.8. The highest BCUT2D eigenvalue weighted by molar-refractivity contribution is 5.56. The zero-order valence-electron chi connectivity index (χ0n) is 17.9. The molecule has 0 amide bonds. The van der Waals surface area contributed by atoms with Gasteiger partial charge in [-0.15, -0.1) is 5.10 Å². The third-order valence-corrected chi connectivity index (χ3v) is 6.34. The normalized spacial score (nSPS) is 23.5. The van der Waals surface area contributed by atoms with Gasteiger partial charge in [-0.2, -0.15) is 35.7 Å². The first-order valence-corrected chi connectivity index (χ1v) is 10.8. The highest BCUT2D eigenvalue weighted by atomic mass is 19.4. The molecule has 7 nitrogen and oxygen atoms in total. The van der Waals surface area contributed by atoms with Crippen LogP contribution >= 0.6 is 0 Å². The monoisotopic (exact) mass is 504 g/mol. The van der Waals surface area contributed by atoms with Crippen LogP contribution in [-0.2, 0) is 6.18 Å². The van der Waals surface area contributed by atoms with E-state index in [4.69, 9.17) is 0 Å². The van der Waals surface area contributed by atoms with E-state index in [2.05, 4.69) is 25.1 Å². The molecular weight excluding hydrogens is 485 g/mol. The Bertz CT molecular complexity index is 1200. The Morgan fingerprint density at radius 1 is 1.06 bits per heavy atom. The molecule has 1 N–H and O–H groups in total. The van der Waals surface area contributed by atoms with Crippen LogP contribution in [0.25, 0.3) is 5.65 Å². The number of halogens is 7. The van der Waals surface area contributed by atoms with E-state index in [1.54, 1.807) is 6.07 Å². The number of ether oxygens (including phenoxy) is 1. The highest BCUT2D eigenvalue weighted by Crippen LogP contribution is 2.41. The molecule has 4 atom stereocenters. The smallest absolute Gasteiger partial charge is 0.448 e. The number of rotatable bonds is 5. The molecule has 0 spiro atoms. The number of alkyl halides is 7. The van der Waals surface area contributed by atoms with Crippen molar-refractivity contribution in [1.29, 1.82) is 0 Å². The van der Waals surface area contributed by atoms with Gasteiger partial charge in [0.1, 0.15) is 5.69 Å². The molecule has 2 aliphatic rings. The third kappa shape index (κ3) is 4.65. The lowest BCUT2D eigenvalue weighted by Gasteiger charge is -2.39. The summed E-state index contributed by atoms with van der Waals surface area (Å²) >= 11 is 0. The van der Waals surface area contributed by atoms with Gasteiger partial charge < -0.3 is 15.0 Å². The molecule has 1 aliphatic heterocycles. The van der Waals surface area contributed by atoms with Gasteiger partial charge in [0.05, 0.1) is 0 Å². The fourth-order valence-electron chi connectivity index (χ4n) is 4.80. The second kappa shape index (κ2) is 8.41. The van der Waals surface area contributed by atoms with Crippen LogP contribution in [0.3, 0.4) is 0 Å². The van der Waals surface area contributed by atoms with Crippen LogP contribution in [0.2, 0.25) is 0 Å². The minimum Gasteiger partial charge on any atom is -0.448 e. The summed E-state index contributed by atoms with van der Waals surface area (Å²) in [6.07, 6.45) is -8.95. The van der Waals surface area contributed by atoms with E-state index in [0.29, 0.717) is 18.8 Å². The maximum absolute atomic E-state index is 13.4. The Labute approximate surface area is 193 Å². The van der Waals surface area contributed by atoms with Crippen LogP contribution in [0, 0.1) is 11.8 Å². The summed E-state index contributed by atoms with van der Waals surface area (Å²) in [5.74, 6) is -0.103. The summed E-state index contributed by atoms with van der Waals surface area (Å²) < 4.78 is 95.8. The van der Waals surface area contributed by atoms with Crippen LogP contribution in [0.4, 0.5) is 42.4 Å². The second-order valence-corrected chi connectivity index (χ2v) is 8.62. The van der Waals surface area contributed by atoms with Crippen LogP contribution in [0.1, 0.15) is 18.5 Å². The maximum atomic E-state index is 13.4. The first-order chi connectivity index (χ1) is 16.5. The summed E-state index contributed by atoms with van der Waals surface area (Å²) in [6.45, 7) is 1.01. The average Bonchev–Trinajstić information content (AvgIpc) is 3.29. The van der Waals surface area contributed by atoms with Crippen molar-refractivity contribution < 1.29 is 35.5 Å². The fraction of sp³-hybridized carbons (Fsp3) is 0.476. The Kier molecular flexibility index (Phi) is 5.63. The lowest BCUT2D eigenvalue weighted by Crippen LogP contribution is -2.48. The SMILES string of the molecule is F[C@@H](Oc1cccn2nc(NC3[C@@H]4CC[C@H]3CN(c3ccnc(C(F)(F)F)c3)C4)nc12)C(F)(F)F. The summed E-state index contributed by atoms with van der Waals surface area (Å²) in [4.78, 5) is 9.50. The largest absolute Gasteiger partial charge is 0.457 e. The Balaban J connectivity index is 1.32. The average molecular weight is 504 g/mol. The van der Waals surface area contributed by atoms with Crippen molar-refractivity contribution in [3.8, 4) is 5.75 Å². The van der Waals surface area contributed by atoms with Crippen LogP contribution in [0.15, 0.2) is 36.7 Å². The summed E-state index contributed by atoms with van der Waals surface area (Å²) in [5.41, 5.74) is -0.584. The van der Waals surface area contributed by atoms with Gasteiger partial charge in [-0.25, -0.2) is 4.52 Å². The van der Waals surface area contributed by atoms with Gasteiger partial charge in [0.2, 0.25) is 5.95 Å². The van der Waals surface area contributed by atoms with Gasteiger partial charge in [-0.05, 0) is 48.9 Å². The van der Waals surface area contributed by atoms with Crippen molar-refractivity contribution in [2.24, 2.45) is 11.8 Å². The maximum Gasteiger partial charge on any atom is 0.457 e. The molecule has 3 aromatic heterocycles. The minimum atomic E-state index is -5.18. The van der Waals surface area contributed by atoms with E-state index in [9.17, 15) is 30.7 Å². The topological polar surface area (TPSA) is 67.6 Å². The van der Waals surface area contributed by atoms with Crippen molar-refractivity contribution in [3.05, 3.63) is 42.4 Å². The number of hydrogen-bond donors (Lipinski definition) is 1. The lowest BCUT2D eigenvalue weighted by molar-refractivity contribution is -0.236. The number of anilines is 2. The van der Waals surface area contributed by atoms with E-state index in [1.807, 2.05) is 4.90 Å². The molecule has 3 aromatic rings. The fourth-order valence-corrected chi connectivity index (χ4v) is 4.80. The van der Waals surface area contributed by atoms with Crippen molar-refractivity contribution >= 4 is 17.3 Å². The van der Waals surface area contributed by atoms with Crippen LogP contribution < -0.4 is 15.0 Å². The van der Waals surface area contributed by atoms with Gasteiger partial charge in [0.25, 0.3) is 0 Å².